The molecular formula is C23H27N3O. The smallest absolute Gasteiger partial charge is 0.193 e. The molecule has 0 spiro atoms. The zero-order chi connectivity index (χ0) is 18.5. The maximum absolute atomic E-state index is 5.78. The Kier molecular flexibility index (Phi) is 5.42. The van der Waals surface area contributed by atoms with Gasteiger partial charge < -0.3 is 15.0 Å². The number of fused-ring (bicyclic) bond motifs is 1. The molecule has 27 heavy (non-hydrogen) atoms. The van der Waals surface area contributed by atoms with Gasteiger partial charge in [0.05, 0.1) is 6.61 Å². The van der Waals surface area contributed by atoms with Gasteiger partial charge in [-0.15, -0.1) is 0 Å². The molecule has 4 rings (SSSR count). The van der Waals surface area contributed by atoms with Gasteiger partial charge in [-0.1, -0.05) is 54.6 Å². The monoisotopic (exact) mass is 361 g/mol. The fourth-order valence-electron chi connectivity index (χ4n) is 3.95. The number of nitrogens with zero attached hydrogens (tertiary/aromatic N) is 2. The third-order valence-corrected chi connectivity index (χ3v) is 5.45. The molecule has 2 aromatic rings. The Labute approximate surface area is 161 Å². The SMILES string of the molecule is CN=C(NCC1CCOc2ccccc21)N1CC=C(c2ccccc2)CC1. The summed E-state index contributed by atoms with van der Waals surface area (Å²) >= 11 is 0. The third kappa shape index (κ3) is 4.00. The minimum absolute atomic E-state index is 0.465. The van der Waals surface area contributed by atoms with Gasteiger partial charge in [0.25, 0.3) is 0 Å². The van der Waals surface area contributed by atoms with E-state index >= 15 is 0 Å². The molecule has 1 unspecified atom stereocenters. The van der Waals surface area contributed by atoms with Gasteiger partial charge in [-0.3, -0.25) is 4.99 Å². The second-order valence-corrected chi connectivity index (χ2v) is 7.09. The molecule has 1 atom stereocenters. The molecule has 0 saturated heterocycles. The van der Waals surface area contributed by atoms with Crippen molar-refractivity contribution >= 4 is 11.5 Å². The Bertz CT molecular complexity index is 829. The van der Waals surface area contributed by atoms with Crippen LogP contribution in [0, 0.1) is 0 Å². The number of nitrogens with one attached hydrogen (secondary N) is 1. The first kappa shape index (κ1) is 17.7. The number of para-hydroxylation sites is 1. The number of hydrogen-bond acceptors (Lipinski definition) is 2. The summed E-state index contributed by atoms with van der Waals surface area (Å²) in [5.41, 5.74) is 4.07. The summed E-state index contributed by atoms with van der Waals surface area (Å²) < 4.78 is 5.78. The van der Waals surface area contributed by atoms with E-state index in [0.717, 1.165) is 50.8 Å². The van der Waals surface area contributed by atoms with Gasteiger partial charge in [0.15, 0.2) is 5.96 Å². The highest BCUT2D eigenvalue weighted by Crippen LogP contribution is 2.32. The zero-order valence-electron chi connectivity index (χ0n) is 15.9. The second kappa shape index (κ2) is 8.30. The minimum atomic E-state index is 0.465. The standard InChI is InChI=1S/C23H27N3O/c1-24-23(25-17-20-13-16-27-22-10-6-5-9-21(20)22)26-14-11-19(12-15-26)18-7-3-2-4-8-18/h2-11,20H,12-17H2,1H3,(H,24,25). The number of guanidine groups is 1. The molecular weight excluding hydrogens is 334 g/mol. The highest BCUT2D eigenvalue weighted by molar-refractivity contribution is 5.81. The third-order valence-electron chi connectivity index (χ3n) is 5.45. The number of benzene rings is 2. The van der Waals surface area contributed by atoms with E-state index in [9.17, 15) is 0 Å². The van der Waals surface area contributed by atoms with Crippen LogP contribution in [-0.2, 0) is 0 Å². The van der Waals surface area contributed by atoms with E-state index in [1.165, 1.54) is 16.7 Å². The van der Waals surface area contributed by atoms with Crippen molar-refractivity contribution in [3.8, 4) is 5.75 Å². The van der Waals surface area contributed by atoms with Gasteiger partial charge >= 0.3 is 0 Å². The lowest BCUT2D eigenvalue weighted by molar-refractivity contribution is 0.266. The molecule has 0 fully saturated rings. The maximum Gasteiger partial charge on any atom is 0.193 e. The predicted molar refractivity (Wildman–Crippen MR) is 111 cm³/mol. The fraction of sp³-hybridized carbons (Fsp3) is 0.348. The van der Waals surface area contributed by atoms with Crippen LogP contribution in [0.5, 0.6) is 5.75 Å². The summed E-state index contributed by atoms with van der Waals surface area (Å²) in [7, 11) is 1.87. The van der Waals surface area contributed by atoms with Crippen molar-refractivity contribution in [2.75, 3.05) is 33.3 Å². The van der Waals surface area contributed by atoms with E-state index in [1.54, 1.807) is 0 Å². The predicted octanol–water partition coefficient (Wildman–Crippen LogP) is 3.92. The topological polar surface area (TPSA) is 36.9 Å². The van der Waals surface area contributed by atoms with Gasteiger partial charge in [0.2, 0.25) is 0 Å². The fourth-order valence-corrected chi connectivity index (χ4v) is 3.95. The lowest BCUT2D eigenvalue weighted by atomic mass is 9.93. The number of aliphatic imine (C=N–C) groups is 1. The molecule has 2 aliphatic rings. The minimum Gasteiger partial charge on any atom is -0.493 e. The summed E-state index contributed by atoms with van der Waals surface area (Å²) in [4.78, 5) is 6.85. The molecule has 4 nitrogen and oxygen atoms in total. The Balaban J connectivity index is 1.38. The first-order chi connectivity index (χ1) is 13.3. The largest absolute Gasteiger partial charge is 0.493 e. The number of hydrogen-bond donors (Lipinski definition) is 1. The summed E-state index contributed by atoms with van der Waals surface area (Å²) in [6.07, 6.45) is 4.42. The van der Waals surface area contributed by atoms with Crippen LogP contribution >= 0.6 is 0 Å². The van der Waals surface area contributed by atoms with Crippen LogP contribution in [0.1, 0.15) is 29.9 Å². The molecule has 2 aliphatic heterocycles. The first-order valence-electron chi connectivity index (χ1n) is 9.77. The highest BCUT2D eigenvalue weighted by Gasteiger charge is 2.22. The van der Waals surface area contributed by atoms with E-state index in [0.29, 0.717) is 5.92 Å². The van der Waals surface area contributed by atoms with Gasteiger partial charge in [-0.2, -0.15) is 0 Å². The van der Waals surface area contributed by atoms with Crippen molar-refractivity contribution in [2.45, 2.75) is 18.8 Å². The summed E-state index contributed by atoms with van der Waals surface area (Å²) in [6.45, 7) is 3.56. The summed E-state index contributed by atoms with van der Waals surface area (Å²) in [5, 5.41) is 3.60. The van der Waals surface area contributed by atoms with Gasteiger partial charge in [0.1, 0.15) is 5.75 Å². The van der Waals surface area contributed by atoms with E-state index in [-0.39, 0.29) is 0 Å². The normalized spacial score (nSPS) is 19.7. The second-order valence-electron chi connectivity index (χ2n) is 7.09. The van der Waals surface area contributed by atoms with E-state index in [2.05, 4.69) is 69.8 Å². The number of ether oxygens (including phenoxy) is 1. The molecule has 0 aliphatic carbocycles. The van der Waals surface area contributed by atoms with E-state index in [4.69, 9.17) is 4.74 Å². The van der Waals surface area contributed by atoms with Crippen LogP contribution in [0.3, 0.4) is 0 Å². The molecule has 140 valence electrons. The van der Waals surface area contributed by atoms with Crippen molar-refractivity contribution in [3.05, 3.63) is 71.8 Å². The number of rotatable bonds is 3. The average molecular weight is 361 g/mol. The van der Waals surface area contributed by atoms with E-state index in [1.807, 2.05) is 13.1 Å². The molecule has 0 radical (unpaired) electrons. The van der Waals surface area contributed by atoms with Crippen molar-refractivity contribution in [3.63, 3.8) is 0 Å². The summed E-state index contributed by atoms with van der Waals surface area (Å²) in [5.74, 6) is 2.48. The van der Waals surface area contributed by atoms with Crippen molar-refractivity contribution in [1.29, 1.82) is 0 Å². The van der Waals surface area contributed by atoms with E-state index < -0.39 is 0 Å². The Hall–Kier alpha value is -2.75. The Morgan fingerprint density at radius 2 is 1.96 bits per heavy atom. The van der Waals surface area contributed by atoms with Gasteiger partial charge in [-0.05, 0) is 35.6 Å². The van der Waals surface area contributed by atoms with Crippen LogP contribution in [0.15, 0.2) is 65.7 Å². The highest BCUT2D eigenvalue weighted by atomic mass is 16.5. The Morgan fingerprint density at radius 1 is 1.15 bits per heavy atom. The molecule has 1 N–H and O–H groups in total. The molecule has 0 bridgehead atoms. The van der Waals surface area contributed by atoms with Crippen molar-refractivity contribution in [1.82, 2.24) is 10.2 Å². The van der Waals surface area contributed by atoms with Gasteiger partial charge in [-0.25, -0.2) is 0 Å². The Morgan fingerprint density at radius 3 is 2.74 bits per heavy atom. The molecule has 2 aromatic carbocycles. The quantitative estimate of drug-likeness (QED) is 0.665. The van der Waals surface area contributed by atoms with Crippen LogP contribution in [0.25, 0.3) is 5.57 Å². The molecule has 0 aromatic heterocycles. The molecule has 0 saturated carbocycles. The zero-order valence-corrected chi connectivity index (χ0v) is 15.9. The maximum atomic E-state index is 5.78. The summed E-state index contributed by atoms with van der Waals surface area (Å²) in [6, 6.07) is 19.0. The molecule has 4 heteroatoms. The lowest BCUT2D eigenvalue weighted by Gasteiger charge is -2.32. The molecule has 0 amide bonds. The average Bonchev–Trinajstić information content (AvgIpc) is 2.75. The van der Waals surface area contributed by atoms with Crippen LogP contribution in [0.4, 0.5) is 0 Å². The van der Waals surface area contributed by atoms with Crippen LogP contribution in [-0.4, -0.2) is 44.1 Å². The van der Waals surface area contributed by atoms with Crippen LogP contribution in [0.2, 0.25) is 0 Å². The van der Waals surface area contributed by atoms with Crippen LogP contribution < -0.4 is 10.1 Å². The van der Waals surface area contributed by atoms with Gasteiger partial charge in [0, 0.05) is 32.6 Å². The lowest BCUT2D eigenvalue weighted by Crippen LogP contribution is -2.45. The van der Waals surface area contributed by atoms with Crippen molar-refractivity contribution in [2.24, 2.45) is 4.99 Å². The molecule has 2 heterocycles. The first-order valence-corrected chi connectivity index (χ1v) is 9.77. The van der Waals surface area contributed by atoms with Crippen molar-refractivity contribution < 1.29 is 4.74 Å².